The zero-order valence-corrected chi connectivity index (χ0v) is 20.6. The van der Waals surface area contributed by atoms with Gasteiger partial charge in [0.05, 0.1) is 25.5 Å². The summed E-state index contributed by atoms with van der Waals surface area (Å²) in [6.07, 6.45) is 1.10. The van der Waals surface area contributed by atoms with Gasteiger partial charge < -0.3 is 18.8 Å². The lowest BCUT2D eigenvalue weighted by molar-refractivity contribution is -0.140. The first-order valence-corrected chi connectivity index (χ1v) is 11.5. The lowest BCUT2D eigenvalue weighted by atomic mass is 10.1. The van der Waals surface area contributed by atoms with Crippen molar-refractivity contribution in [1.29, 1.82) is 0 Å². The van der Waals surface area contributed by atoms with E-state index in [2.05, 4.69) is 24.9 Å². The Hall–Kier alpha value is -4.29. The van der Waals surface area contributed by atoms with Crippen LogP contribution in [0.2, 0.25) is 0 Å². The fraction of sp³-hybridized carbons (Fsp3) is 0.320. The molecule has 0 bridgehead atoms. The van der Waals surface area contributed by atoms with E-state index in [1.807, 2.05) is 0 Å². The molecule has 38 heavy (non-hydrogen) atoms. The predicted octanol–water partition coefficient (Wildman–Crippen LogP) is 4.97. The minimum atomic E-state index is -4.66. The molecule has 1 aliphatic carbocycles. The molecule has 0 N–H and O–H groups in total. The largest absolute Gasteiger partial charge is 0.496 e. The summed E-state index contributed by atoms with van der Waals surface area (Å²) in [4.78, 5) is 20.9. The van der Waals surface area contributed by atoms with E-state index in [9.17, 15) is 13.2 Å². The highest BCUT2D eigenvalue weighted by molar-refractivity contribution is 5.66. The minimum absolute atomic E-state index is 0.136. The summed E-state index contributed by atoms with van der Waals surface area (Å²) >= 11 is 0. The average Bonchev–Trinajstić information content (AvgIpc) is 3.67. The second-order valence-corrected chi connectivity index (χ2v) is 8.63. The molecular weight excluding hydrogens is 508 g/mol. The first-order chi connectivity index (χ1) is 18.2. The molecule has 198 valence electrons. The van der Waals surface area contributed by atoms with E-state index in [1.165, 1.54) is 39.9 Å². The van der Waals surface area contributed by atoms with Gasteiger partial charge in [-0.05, 0) is 25.0 Å². The lowest BCUT2D eigenvalue weighted by Crippen LogP contribution is -2.05. The van der Waals surface area contributed by atoms with Crippen LogP contribution in [0, 0.1) is 5.82 Å². The molecule has 13 heteroatoms. The molecule has 0 aliphatic heterocycles. The van der Waals surface area contributed by atoms with Crippen LogP contribution in [0.4, 0.5) is 17.6 Å². The van der Waals surface area contributed by atoms with Crippen molar-refractivity contribution in [3.05, 3.63) is 59.7 Å². The molecule has 0 saturated heterocycles. The Bertz CT molecular complexity index is 1490. The van der Waals surface area contributed by atoms with Gasteiger partial charge in [0.25, 0.3) is 0 Å². The number of benzene rings is 1. The van der Waals surface area contributed by atoms with Crippen molar-refractivity contribution in [2.24, 2.45) is 7.05 Å². The highest BCUT2D eigenvalue weighted by atomic mass is 19.4. The normalized spacial score (nSPS) is 13.4. The standard InChI is InChI=1S/C25H22F4N6O3/c1-35-10-18(25(27,28)29)33-23(35)15-9-17(36-2)14(8-16(15)26)11-38-19-6-7-30-22(34-19)20-21(13-4-5-13)31-12-32-24(20)37-3/h6-10,12-13H,4-5,11H2,1-3H3. The van der Waals surface area contributed by atoms with Crippen LogP contribution in [-0.4, -0.2) is 43.7 Å². The van der Waals surface area contributed by atoms with Gasteiger partial charge in [0.2, 0.25) is 11.8 Å². The number of hydrogen-bond donors (Lipinski definition) is 0. The monoisotopic (exact) mass is 530 g/mol. The summed E-state index contributed by atoms with van der Waals surface area (Å²) in [6.45, 7) is -0.136. The summed E-state index contributed by atoms with van der Waals surface area (Å²) in [7, 11) is 4.22. The maximum atomic E-state index is 15.1. The van der Waals surface area contributed by atoms with E-state index in [4.69, 9.17) is 14.2 Å². The SMILES string of the molecule is COc1cc(-c2nc(C(F)(F)F)cn2C)c(F)cc1COc1ccnc(-c2c(OC)ncnc2C2CC2)n1. The molecule has 1 saturated carbocycles. The molecular formula is C25H22F4N6O3. The van der Waals surface area contributed by atoms with Crippen molar-refractivity contribution < 1.29 is 31.8 Å². The molecule has 0 spiro atoms. The number of rotatable bonds is 8. The maximum Gasteiger partial charge on any atom is 0.434 e. The van der Waals surface area contributed by atoms with Crippen molar-refractivity contribution in [1.82, 2.24) is 29.5 Å². The Balaban J connectivity index is 1.42. The topological polar surface area (TPSA) is 97.1 Å². The lowest BCUT2D eigenvalue weighted by Gasteiger charge is -2.14. The summed E-state index contributed by atoms with van der Waals surface area (Å²) in [5.41, 5.74) is 0.446. The maximum absolute atomic E-state index is 15.1. The van der Waals surface area contributed by atoms with E-state index in [-0.39, 0.29) is 35.5 Å². The number of imidazole rings is 1. The molecule has 5 rings (SSSR count). The van der Waals surface area contributed by atoms with Gasteiger partial charge in [0, 0.05) is 37.0 Å². The third-order valence-corrected chi connectivity index (χ3v) is 6.01. The number of nitrogens with zero attached hydrogens (tertiary/aromatic N) is 6. The predicted molar refractivity (Wildman–Crippen MR) is 126 cm³/mol. The first kappa shape index (κ1) is 25.4. The highest BCUT2D eigenvalue weighted by Gasteiger charge is 2.35. The average molecular weight is 530 g/mol. The Kier molecular flexibility index (Phi) is 6.59. The van der Waals surface area contributed by atoms with Crippen molar-refractivity contribution in [2.75, 3.05) is 14.2 Å². The summed E-state index contributed by atoms with van der Waals surface area (Å²) < 4.78 is 72.0. The molecule has 0 amide bonds. The number of aromatic nitrogens is 6. The van der Waals surface area contributed by atoms with Gasteiger partial charge in [0.1, 0.15) is 35.9 Å². The van der Waals surface area contributed by atoms with Crippen LogP contribution in [-0.2, 0) is 19.8 Å². The van der Waals surface area contributed by atoms with Crippen LogP contribution >= 0.6 is 0 Å². The third-order valence-electron chi connectivity index (χ3n) is 6.01. The fourth-order valence-electron chi connectivity index (χ4n) is 4.03. The van der Waals surface area contributed by atoms with Crippen LogP contribution in [0.15, 0.2) is 36.9 Å². The van der Waals surface area contributed by atoms with Gasteiger partial charge in [-0.3, -0.25) is 0 Å². The smallest absolute Gasteiger partial charge is 0.434 e. The number of halogens is 4. The van der Waals surface area contributed by atoms with Crippen molar-refractivity contribution in [2.45, 2.75) is 31.5 Å². The fourth-order valence-corrected chi connectivity index (χ4v) is 4.03. The molecule has 1 aromatic carbocycles. The Morgan fingerprint density at radius 1 is 1.05 bits per heavy atom. The molecule has 1 aliphatic rings. The van der Waals surface area contributed by atoms with Crippen LogP contribution in [0.25, 0.3) is 22.8 Å². The second-order valence-electron chi connectivity index (χ2n) is 8.63. The van der Waals surface area contributed by atoms with Crippen LogP contribution in [0.3, 0.4) is 0 Å². The summed E-state index contributed by atoms with van der Waals surface area (Å²) in [5.74, 6) is 0.398. The quantitative estimate of drug-likeness (QED) is 0.295. The van der Waals surface area contributed by atoms with E-state index < -0.39 is 17.7 Å². The zero-order chi connectivity index (χ0) is 27.0. The van der Waals surface area contributed by atoms with E-state index >= 15 is 4.39 Å². The van der Waals surface area contributed by atoms with Crippen LogP contribution < -0.4 is 14.2 Å². The molecule has 4 aromatic rings. The number of ether oxygens (including phenoxy) is 3. The van der Waals surface area contributed by atoms with Gasteiger partial charge in [0.15, 0.2) is 11.5 Å². The Labute approximate surface area is 214 Å². The van der Waals surface area contributed by atoms with Gasteiger partial charge in [-0.15, -0.1) is 0 Å². The zero-order valence-electron chi connectivity index (χ0n) is 20.6. The molecule has 3 aromatic heterocycles. The van der Waals surface area contributed by atoms with Gasteiger partial charge in [-0.1, -0.05) is 0 Å². The molecule has 0 unspecified atom stereocenters. The number of alkyl halides is 3. The molecule has 9 nitrogen and oxygen atoms in total. The van der Waals surface area contributed by atoms with Crippen molar-refractivity contribution in [3.63, 3.8) is 0 Å². The van der Waals surface area contributed by atoms with E-state index in [0.717, 1.165) is 35.4 Å². The molecule has 3 heterocycles. The van der Waals surface area contributed by atoms with Crippen molar-refractivity contribution >= 4 is 0 Å². The van der Waals surface area contributed by atoms with Gasteiger partial charge in [-0.2, -0.15) is 18.2 Å². The number of aryl methyl sites for hydroxylation is 1. The Morgan fingerprint density at radius 2 is 1.84 bits per heavy atom. The summed E-state index contributed by atoms with van der Waals surface area (Å²) in [6, 6.07) is 3.97. The third kappa shape index (κ3) is 4.95. The van der Waals surface area contributed by atoms with Crippen molar-refractivity contribution in [3.8, 4) is 40.3 Å². The number of hydrogen-bond acceptors (Lipinski definition) is 8. The minimum Gasteiger partial charge on any atom is -0.496 e. The van der Waals surface area contributed by atoms with Gasteiger partial charge >= 0.3 is 6.18 Å². The molecule has 1 fully saturated rings. The second kappa shape index (κ2) is 9.88. The molecule has 0 atom stereocenters. The van der Waals surface area contributed by atoms with Gasteiger partial charge in [-0.25, -0.2) is 24.3 Å². The van der Waals surface area contributed by atoms with Crippen LogP contribution in [0.5, 0.6) is 17.5 Å². The Morgan fingerprint density at radius 3 is 2.50 bits per heavy atom. The van der Waals surface area contributed by atoms with E-state index in [1.54, 1.807) is 6.07 Å². The summed E-state index contributed by atoms with van der Waals surface area (Å²) in [5, 5.41) is 0. The van der Waals surface area contributed by atoms with E-state index in [0.29, 0.717) is 22.8 Å². The molecule has 0 radical (unpaired) electrons. The van der Waals surface area contributed by atoms with Crippen LogP contribution in [0.1, 0.15) is 35.7 Å². The first-order valence-electron chi connectivity index (χ1n) is 11.5. The highest BCUT2D eigenvalue weighted by Crippen LogP contribution is 2.45. The number of methoxy groups -OCH3 is 2.